The van der Waals surface area contributed by atoms with Crippen LogP contribution in [0.3, 0.4) is 0 Å². The van der Waals surface area contributed by atoms with Gasteiger partial charge in [-0.3, -0.25) is 0 Å². The number of hydrogen-bond donors (Lipinski definition) is 0. The van der Waals surface area contributed by atoms with Crippen molar-refractivity contribution in [2.45, 2.75) is 25.7 Å². The number of thiophene rings is 2. The van der Waals surface area contributed by atoms with E-state index in [4.69, 9.17) is 4.84 Å². The monoisotopic (exact) mass is 336 g/mol. The fourth-order valence-corrected chi connectivity index (χ4v) is 3.60. The van der Waals surface area contributed by atoms with Crippen molar-refractivity contribution in [2.75, 3.05) is 27.2 Å². The Morgan fingerprint density at radius 2 is 1.95 bits per heavy atom. The summed E-state index contributed by atoms with van der Waals surface area (Å²) in [7, 11) is 4.15. The van der Waals surface area contributed by atoms with Gasteiger partial charge in [0, 0.05) is 11.4 Å². The Kier molecular flexibility index (Phi) is 7.63. The van der Waals surface area contributed by atoms with E-state index in [1.54, 1.807) is 11.3 Å². The van der Waals surface area contributed by atoms with Gasteiger partial charge in [-0.05, 0) is 62.7 Å². The molecule has 2 aromatic heterocycles. The zero-order valence-corrected chi connectivity index (χ0v) is 15.0. The Bertz CT molecular complexity index is 533. The third-order valence-corrected chi connectivity index (χ3v) is 5.09. The van der Waals surface area contributed by atoms with E-state index in [2.05, 4.69) is 59.2 Å². The smallest absolute Gasteiger partial charge is 0.118 e. The van der Waals surface area contributed by atoms with Gasteiger partial charge in [-0.25, -0.2) is 0 Å². The highest BCUT2D eigenvalue weighted by Gasteiger charge is 2.06. The van der Waals surface area contributed by atoms with E-state index < -0.39 is 0 Å². The van der Waals surface area contributed by atoms with E-state index in [0.29, 0.717) is 6.61 Å². The number of nitrogens with zero attached hydrogens (tertiary/aromatic N) is 2. The van der Waals surface area contributed by atoms with E-state index in [1.807, 2.05) is 11.3 Å². The summed E-state index contributed by atoms with van der Waals surface area (Å²) < 4.78 is 0. The van der Waals surface area contributed by atoms with Gasteiger partial charge in [-0.1, -0.05) is 17.3 Å². The quantitative estimate of drug-likeness (QED) is 0.362. The third-order valence-electron chi connectivity index (χ3n) is 3.24. The van der Waals surface area contributed by atoms with E-state index in [1.165, 1.54) is 9.75 Å². The molecule has 0 amide bonds. The van der Waals surface area contributed by atoms with E-state index in [9.17, 15) is 0 Å². The van der Waals surface area contributed by atoms with Crippen LogP contribution in [0.5, 0.6) is 0 Å². The number of aryl methyl sites for hydroxylation is 1. The molecule has 2 aromatic rings. The molecule has 5 heteroatoms. The van der Waals surface area contributed by atoms with Crippen LogP contribution in [-0.2, 0) is 11.3 Å². The molecule has 0 spiro atoms. The lowest BCUT2D eigenvalue weighted by molar-refractivity contribution is 0.134. The summed E-state index contributed by atoms with van der Waals surface area (Å²) >= 11 is 3.56. The van der Waals surface area contributed by atoms with Crippen LogP contribution in [0.25, 0.3) is 0 Å². The van der Waals surface area contributed by atoms with Crippen LogP contribution < -0.4 is 0 Å². The largest absolute Gasteiger partial charge is 0.396 e. The predicted molar refractivity (Wildman–Crippen MR) is 97.2 cm³/mol. The minimum atomic E-state index is 0.679. The van der Waals surface area contributed by atoms with Crippen LogP contribution in [0.15, 0.2) is 40.2 Å². The topological polar surface area (TPSA) is 24.8 Å². The Labute approximate surface area is 141 Å². The molecule has 2 heterocycles. The number of hydrogen-bond acceptors (Lipinski definition) is 5. The molecular weight excluding hydrogens is 312 g/mol. The van der Waals surface area contributed by atoms with Crippen molar-refractivity contribution in [1.29, 1.82) is 0 Å². The second kappa shape index (κ2) is 9.77. The first-order chi connectivity index (χ1) is 10.8. The van der Waals surface area contributed by atoms with Crippen molar-refractivity contribution in [2.24, 2.45) is 5.16 Å². The average Bonchev–Trinajstić information content (AvgIpc) is 3.18. The highest BCUT2D eigenvalue weighted by Crippen LogP contribution is 2.17. The molecule has 0 unspecified atom stereocenters. The fourth-order valence-electron chi connectivity index (χ4n) is 2.11. The van der Waals surface area contributed by atoms with Crippen LogP contribution in [-0.4, -0.2) is 37.9 Å². The first-order valence-corrected chi connectivity index (χ1v) is 9.41. The van der Waals surface area contributed by atoms with Crippen LogP contribution in [0.2, 0.25) is 0 Å². The minimum absolute atomic E-state index is 0.679. The maximum absolute atomic E-state index is 5.53. The highest BCUT2D eigenvalue weighted by atomic mass is 32.1. The molecule has 0 fully saturated rings. The van der Waals surface area contributed by atoms with E-state index in [-0.39, 0.29) is 0 Å². The molecule has 0 N–H and O–H groups in total. The molecule has 0 atom stereocenters. The van der Waals surface area contributed by atoms with Gasteiger partial charge in [0.25, 0.3) is 0 Å². The van der Waals surface area contributed by atoms with Gasteiger partial charge >= 0.3 is 0 Å². The molecule has 0 bridgehead atoms. The molecule has 120 valence electrons. The molecule has 0 saturated carbocycles. The van der Waals surface area contributed by atoms with Gasteiger partial charge in [0.1, 0.15) is 6.61 Å². The fraction of sp³-hybridized carbons (Fsp3) is 0.471. The summed E-state index contributed by atoms with van der Waals surface area (Å²) in [6.45, 7) is 1.71. The molecule has 2 rings (SSSR count). The summed E-state index contributed by atoms with van der Waals surface area (Å²) in [5, 5.41) is 8.62. The predicted octanol–water partition coefficient (Wildman–Crippen LogP) is 4.50. The van der Waals surface area contributed by atoms with Crippen molar-refractivity contribution in [3.05, 3.63) is 44.8 Å². The van der Waals surface area contributed by atoms with Gasteiger partial charge in [-0.2, -0.15) is 0 Å². The zero-order chi connectivity index (χ0) is 15.6. The normalized spacial score (nSPS) is 12.0. The summed E-state index contributed by atoms with van der Waals surface area (Å²) in [5.74, 6) is 0. The molecule has 0 saturated heterocycles. The Morgan fingerprint density at radius 1 is 1.14 bits per heavy atom. The Morgan fingerprint density at radius 3 is 2.64 bits per heavy atom. The maximum atomic E-state index is 5.53. The lowest BCUT2D eigenvalue weighted by Crippen LogP contribution is -2.14. The summed E-state index contributed by atoms with van der Waals surface area (Å²) in [6.07, 6.45) is 4.19. The first-order valence-electron chi connectivity index (χ1n) is 7.65. The van der Waals surface area contributed by atoms with E-state index in [0.717, 1.165) is 37.9 Å². The molecular formula is C17H24N2OS2. The Balaban J connectivity index is 1.81. The maximum Gasteiger partial charge on any atom is 0.118 e. The molecule has 3 nitrogen and oxygen atoms in total. The zero-order valence-electron chi connectivity index (χ0n) is 13.3. The Hall–Kier alpha value is -1.17. The van der Waals surface area contributed by atoms with E-state index >= 15 is 0 Å². The van der Waals surface area contributed by atoms with Gasteiger partial charge in [-0.15, -0.1) is 22.7 Å². The van der Waals surface area contributed by atoms with Crippen LogP contribution >= 0.6 is 22.7 Å². The van der Waals surface area contributed by atoms with Crippen molar-refractivity contribution >= 4 is 28.4 Å². The molecule has 22 heavy (non-hydrogen) atoms. The SMILES string of the molecule is CN(C)CCCO/N=C(\CCCc1cccs1)c1cccs1. The number of rotatable bonds is 10. The van der Waals surface area contributed by atoms with Crippen molar-refractivity contribution < 1.29 is 4.84 Å². The molecule has 0 aliphatic heterocycles. The number of oxime groups is 1. The third kappa shape index (κ3) is 6.30. The summed E-state index contributed by atoms with van der Waals surface area (Å²) in [5.41, 5.74) is 1.08. The highest BCUT2D eigenvalue weighted by molar-refractivity contribution is 7.12. The summed E-state index contributed by atoms with van der Waals surface area (Å²) in [4.78, 5) is 10.4. The minimum Gasteiger partial charge on any atom is -0.396 e. The molecule has 0 aromatic carbocycles. The van der Waals surface area contributed by atoms with Gasteiger partial charge in [0.15, 0.2) is 0 Å². The second-order valence-corrected chi connectivity index (χ2v) is 7.42. The second-order valence-electron chi connectivity index (χ2n) is 5.44. The van der Waals surface area contributed by atoms with Crippen LogP contribution in [0.4, 0.5) is 0 Å². The molecule has 0 aliphatic rings. The molecule has 0 aliphatic carbocycles. The van der Waals surface area contributed by atoms with Gasteiger partial charge < -0.3 is 9.74 Å². The first kappa shape index (κ1) is 17.2. The van der Waals surface area contributed by atoms with Crippen molar-refractivity contribution in [3.63, 3.8) is 0 Å². The van der Waals surface area contributed by atoms with Crippen LogP contribution in [0.1, 0.15) is 29.0 Å². The van der Waals surface area contributed by atoms with Crippen molar-refractivity contribution in [3.8, 4) is 0 Å². The van der Waals surface area contributed by atoms with Gasteiger partial charge in [0.05, 0.1) is 10.6 Å². The standard InChI is InChI=1S/C17H24N2OS2/c1-19(2)11-6-12-20-18-16(17-10-5-14-22-17)9-3-7-15-8-4-13-21-15/h4-5,8,10,13-14H,3,6-7,9,11-12H2,1-2H3/b18-16+. The molecule has 0 radical (unpaired) electrons. The van der Waals surface area contributed by atoms with Crippen LogP contribution in [0, 0.1) is 0 Å². The van der Waals surface area contributed by atoms with Crippen molar-refractivity contribution in [1.82, 2.24) is 4.90 Å². The summed E-state index contributed by atoms with van der Waals surface area (Å²) in [6, 6.07) is 8.51. The lowest BCUT2D eigenvalue weighted by atomic mass is 10.1. The van der Waals surface area contributed by atoms with Gasteiger partial charge in [0.2, 0.25) is 0 Å². The average molecular weight is 337 g/mol. The lowest BCUT2D eigenvalue weighted by Gasteiger charge is -2.08.